The number of carbonyl (C=O) groups excluding carboxylic acids is 2. The SMILES string of the molecule is O=C(O)CCC(NC(=O)OCC1c2ccccc2-c2ccccc21)C(=O)Nc1cc(Cl)cc(Br)c1. The van der Waals surface area contributed by atoms with Crippen molar-refractivity contribution in [1.82, 2.24) is 5.32 Å². The molecule has 1 unspecified atom stereocenters. The monoisotopic (exact) mass is 556 g/mol. The first-order valence-electron chi connectivity index (χ1n) is 10.9. The number of carbonyl (C=O) groups is 3. The summed E-state index contributed by atoms with van der Waals surface area (Å²) in [5, 5.41) is 14.7. The molecule has 3 N–H and O–H groups in total. The number of alkyl carbamates (subject to hydrolysis) is 1. The Balaban J connectivity index is 1.43. The fourth-order valence-electron chi connectivity index (χ4n) is 4.17. The van der Waals surface area contributed by atoms with Crippen molar-refractivity contribution in [2.24, 2.45) is 0 Å². The first kappa shape index (κ1) is 24.8. The van der Waals surface area contributed by atoms with E-state index in [2.05, 4.69) is 26.6 Å². The fourth-order valence-corrected chi connectivity index (χ4v) is 5.03. The Kier molecular flexibility index (Phi) is 7.73. The molecule has 35 heavy (non-hydrogen) atoms. The van der Waals surface area contributed by atoms with Gasteiger partial charge in [-0.05, 0) is 46.9 Å². The van der Waals surface area contributed by atoms with Gasteiger partial charge < -0.3 is 20.5 Å². The van der Waals surface area contributed by atoms with Crippen LogP contribution in [-0.4, -0.2) is 35.7 Å². The number of nitrogens with one attached hydrogen (secondary N) is 2. The first-order chi connectivity index (χ1) is 16.8. The second kappa shape index (κ2) is 10.9. The van der Waals surface area contributed by atoms with Gasteiger partial charge in [-0.15, -0.1) is 0 Å². The van der Waals surface area contributed by atoms with Gasteiger partial charge in [0.15, 0.2) is 0 Å². The molecule has 9 heteroatoms. The molecular formula is C26H22BrClN2O5. The predicted molar refractivity (Wildman–Crippen MR) is 137 cm³/mol. The second-order valence-corrected chi connectivity index (χ2v) is 9.45. The van der Waals surface area contributed by atoms with Crippen LogP contribution in [0.5, 0.6) is 0 Å². The topological polar surface area (TPSA) is 105 Å². The third kappa shape index (κ3) is 6.01. The third-order valence-electron chi connectivity index (χ3n) is 5.73. The van der Waals surface area contributed by atoms with Gasteiger partial charge in [-0.2, -0.15) is 0 Å². The van der Waals surface area contributed by atoms with E-state index in [0.29, 0.717) is 15.2 Å². The summed E-state index contributed by atoms with van der Waals surface area (Å²) in [4.78, 5) is 36.6. The van der Waals surface area contributed by atoms with E-state index in [1.807, 2.05) is 48.5 Å². The lowest BCUT2D eigenvalue weighted by Crippen LogP contribution is -2.44. The number of rotatable bonds is 8. The van der Waals surface area contributed by atoms with Crippen LogP contribution in [0.15, 0.2) is 71.2 Å². The molecule has 2 amide bonds. The van der Waals surface area contributed by atoms with Crippen LogP contribution >= 0.6 is 27.5 Å². The maximum Gasteiger partial charge on any atom is 0.407 e. The van der Waals surface area contributed by atoms with Gasteiger partial charge in [-0.3, -0.25) is 9.59 Å². The van der Waals surface area contributed by atoms with E-state index >= 15 is 0 Å². The summed E-state index contributed by atoms with van der Waals surface area (Å²) in [7, 11) is 0. The Labute approximate surface area is 215 Å². The fraction of sp³-hybridized carbons (Fsp3) is 0.192. The van der Waals surface area contributed by atoms with Crippen molar-refractivity contribution in [2.75, 3.05) is 11.9 Å². The molecule has 0 bridgehead atoms. The first-order valence-corrected chi connectivity index (χ1v) is 12.1. The smallest absolute Gasteiger partial charge is 0.407 e. The molecule has 0 saturated heterocycles. The number of carboxylic acid groups (broad SMARTS) is 1. The summed E-state index contributed by atoms with van der Waals surface area (Å²) in [6.07, 6.45) is -1.21. The standard InChI is InChI=1S/C26H22BrClN2O5/c27-15-11-16(28)13-17(12-15)29-25(33)23(9-10-24(31)32)30-26(34)35-14-22-20-7-3-1-5-18(20)19-6-2-4-8-21(19)22/h1-8,11-13,22-23H,9-10,14H2,(H,29,33)(H,30,34)(H,31,32). The summed E-state index contributed by atoms with van der Waals surface area (Å²) < 4.78 is 6.17. The predicted octanol–water partition coefficient (Wildman–Crippen LogP) is 5.81. The Bertz CT molecular complexity index is 1220. The number of benzene rings is 3. The Morgan fingerprint density at radius 3 is 2.23 bits per heavy atom. The van der Waals surface area contributed by atoms with E-state index in [0.717, 1.165) is 22.3 Å². The molecule has 0 aromatic heterocycles. The Hall–Kier alpha value is -3.36. The minimum atomic E-state index is -1.11. The van der Waals surface area contributed by atoms with Gasteiger partial charge in [0.05, 0.1) is 0 Å². The molecule has 3 aromatic rings. The summed E-state index contributed by atoms with van der Waals surface area (Å²) in [6, 6.07) is 19.6. The Morgan fingerprint density at radius 2 is 1.63 bits per heavy atom. The number of anilines is 1. The highest BCUT2D eigenvalue weighted by atomic mass is 79.9. The number of aliphatic carboxylic acids is 1. The summed E-state index contributed by atoms with van der Waals surface area (Å²) in [6.45, 7) is 0.0777. The average molecular weight is 558 g/mol. The maximum absolute atomic E-state index is 12.8. The third-order valence-corrected chi connectivity index (χ3v) is 6.41. The van der Waals surface area contributed by atoms with Crippen LogP contribution in [0.4, 0.5) is 10.5 Å². The molecule has 0 saturated carbocycles. The molecule has 0 spiro atoms. The molecule has 0 radical (unpaired) electrons. The number of fused-ring (bicyclic) bond motifs is 3. The highest BCUT2D eigenvalue weighted by Crippen LogP contribution is 2.44. The number of carboxylic acids is 1. The van der Waals surface area contributed by atoms with Crippen molar-refractivity contribution in [1.29, 1.82) is 0 Å². The van der Waals surface area contributed by atoms with Gasteiger partial charge >= 0.3 is 12.1 Å². The molecule has 1 aliphatic rings. The van der Waals surface area contributed by atoms with Gasteiger partial charge in [0.2, 0.25) is 5.91 Å². The van der Waals surface area contributed by atoms with E-state index in [1.165, 1.54) is 0 Å². The van der Waals surface area contributed by atoms with Crippen LogP contribution < -0.4 is 10.6 Å². The summed E-state index contributed by atoms with van der Waals surface area (Å²) >= 11 is 9.33. The normalized spacial score (nSPS) is 12.9. The number of hydrogen-bond donors (Lipinski definition) is 3. The molecule has 3 aromatic carbocycles. The van der Waals surface area contributed by atoms with Crippen LogP contribution in [0.25, 0.3) is 11.1 Å². The number of halogens is 2. The summed E-state index contributed by atoms with van der Waals surface area (Å²) in [5.41, 5.74) is 4.73. The van der Waals surface area contributed by atoms with Crippen molar-refractivity contribution in [3.63, 3.8) is 0 Å². The molecule has 1 aliphatic carbocycles. The number of amides is 2. The minimum absolute atomic E-state index is 0.0777. The average Bonchev–Trinajstić information content (AvgIpc) is 3.13. The van der Waals surface area contributed by atoms with Gasteiger partial charge in [-0.25, -0.2) is 4.79 Å². The molecule has 180 valence electrons. The van der Waals surface area contributed by atoms with Gasteiger partial charge in [0, 0.05) is 27.5 Å². The van der Waals surface area contributed by atoms with E-state index in [4.69, 9.17) is 21.4 Å². The zero-order valence-corrected chi connectivity index (χ0v) is 20.8. The lowest BCUT2D eigenvalue weighted by molar-refractivity contribution is -0.137. The van der Waals surface area contributed by atoms with Crippen molar-refractivity contribution < 1.29 is 24.2 Å². The second-order valence-electron chi connectivity index (χ2n) is 8.10. The largest absolute Gasteiger partial charge is 0.481 e. The molecule has 0 aliphatic heterocycles. The van der Waals surface area contributed by atoms with Gasteiger partial charge in [-0.1, -0.05) is 76.1 Å². The van der Waals surface area contributed by atoms with E-state index in [1.54, 1.807) is 18.2 Å². The lowest BCUT2D eigenvalue weighted by atomic mass is 9.98. The molecule has 1 atom stereocenters. The summed E-state index contributed by atoms with van der Waals surface area (Å²) in [5.74, 6) is -1.79. The van der Waals surface area contributed by atoms with Crippen LogP contribution in [0.3, 0.4) is 0 Å². The van der Waals surface area contributed by atoms with Crippen molar-refractivity contribution in [3.8, 4) is 11.1 Å². The van der Waals surface area contributed by atoms with E-state index in [9.17, 15) is 14.4 Å². The maximum atomic E-state index is 12.8. The number of ether oxygens (including phenoxy) is 1. The zero-order valence-electron chi connectivity index (χ0n) is 18.5. The van der Waals surface area contributed by atoms with E-state index < -0.39 is 24.0 Å². The van der Waals surface area contributed by atoms with Crippen LogP contribution in [-0.2, 0) is 14.3 Å². The molecule has 0 fully saturated rings. The van der Waals surface area contributed by atoms with Gasteiger partial charge in [0.1, 0.15) is 12.6 Å². The highest BCUT2D eigenvalue weighted by molar-refractivity contribution is 9.10. The number of hydrogen-bond acceptors (Lipinski definition) is 4. The van der Waals surface area contributed by atoms with Gasteiger partial charge in [0.25, 0.3) is 0 Å². The zero-order chi connectivity index (χ0) is 24.9. The molecular weight excluding hydrogens is 536 g/mol. The molecule has 7 nitrogen and oxygen atoms in total. The Morgan fingerprint density at radius 1 is 1.00 bits per heavy atom. The van der Waals surface area contributed by atoms with Crippen molar-refractivity contribution in [2.45, 2.75) is 24.8 Å². The quantitative estimate of drug-likeness (QED) is 0.324. The van der Waals surface area contributed by atoms with Crippen LogP contribution in [0.1, 0.15) is 29.9 Å². The highest BCUT2D eigenvalue weighted by Gasteiger charge is 2.30. The lowest BCUT2D eigenvalue weighted by Gasteiger charge is -2.19. The van der Waals surface area contributed by atoms with E-state index in [-0.39, 0.29) is 25.4 Å². The van der Waals surface area contributed by atoms with Crippen molar-refractivity contribution in [3.05, 3.63) is 87.4 Å². The van der Waals surface area contributed by atoms with Crippen LogP contribution in [0.2, 0.25) is 5.02 Å². The molecule has 4 rings (SSSR count). The molecule has 0 heterocycles. The minimum Gasteiger partial charge on any atom is -0.481 e. The van der Waals surface area contributed by atoms with Crippen molar-refractivity contribution >= 4 is 51.2 Å². The van der Waals surface area contributed by atoms with Crippen LogP contribution in [0, 0.1) is 0 Å².